The number of oxazole rings is 1. The highest BCUT2D eigenvalue weighted by atomic mass is 16.5. The number of nitriles is 1. The number of rotatable bonds is 5. The molecule has 1 fully saturated rings. The standard InChI is InChI=1S/C25H23N3O3/c1-17-5-4-12-28(15-17)25-22(14-26)27-24(31-25)23-11-10-21(30-23)16-29-20-9-8-18-6-2-3-7-19(18)13-20/h2-3,6-11,13,17H,4-5,12,15-16H2,1H3/t17-/m0/s1. The molecular weight excluding hydrogens is 390 g/mol. The van der Waals surface area contributed by atoms with Gasteiger partial charge in [-0.1, -0.05) is 37.3 Å². The summed E-state index contributed by atoms with van der Waals surface area (Å²) >= 11 is 0. The van der Waals surface area contributed by atoms with Crippen molar-refractivity contribution < 1.29 is 13.6 Å². The molecule has 6 nitrogen and oxygen atoms in total. The number of hydrogen-bond donors (Lipinski definition) is 0. The number of piperidine rings is 1. The largest absolute Gasteiger partial charge is 0.486 e. The van der Waals surface area contributed by atoms with E-state index in [0.717, 1.165) is 30.6 Å². The molecule has 0 radical (unpaired) electrons. The molecule has 31 heavy (non-hydrogen) atoms. The number of aromatic nitrogens is 1. The van der Waals surface area contributed by atoms with Gasteiger partial charge in [-0.25, -0.2) is 0 Å². The molecule has 2 aromatic heterocycles. The first-order valence-corrected chi connectivity index (χ1v) is 10.6. The summed E-state index contributed by atoms with van der Waals surface area (Å²) in [5.74, 6) is 3.35. The molecule has 3 heterocycles. The van der Waals surface area contributed by atoms with Crippen molar-refractivity contribution in [2.75, 3.05) is 18.0 Å². The fraction of sp³-hybridized carbons (Fsp3) is 0.280. The molecule has 1 atom stereocenters. The van der Waals surface area contributed by atoms with Gasteiger partial charge in [0, 0.05) is 13.1 Å². The monoisotopic (exact) mass is 413 g/mol. The highest BCUT2D eigenvalue weighted by molar-refractivity contribution is 5.83. The zero-order valence-electron chi connectivity index (χ0n) is 17.4. The third-order valence-corrected chi connectivity index (χ3v) is 5.63. The van der Waals surface area contributed by atoms with E-state index < -0.39 is 0 Å². The summed E-state index contributed by atoms with van der Waals surface area (Å²) in [6.45, 7) is 4.24. The van der Waals surface area contributed by atoms with Gasteiger partial charge in [0.2, 0.25) is 11.6 Å². The first kappa shape index (κ1) is 19.3. The lowest BCUT2D eigenvalue weighted by molar-refractivity contribution is 0.271. The number of furan rings is 1. The zero-order valence-corrected chi connectivity index (χ0v) is 17.4. The summed E-state index contributed by atoms with van der Waals surface area (Å²) in [6, 6.07) is 20.0. The lowest BCUT2D eigenvalue weighted by Gasteiger charge is -2.30. The number of anilines is 1. The van der Waals surface area contributed by atoms with Crippen molar-refractivity contribution >= 4 is 16.7 Å². The number of fused-ring (bicyclic) bond motifs is 1. The number of hydrogen-bond acceptors (Lipinski definition) is 6. The van der Waals surface area contributed by atoms with E-state index >= 15 is 0 Å². The minimum Gasteiger partial charge on any atom is -0.486 e. The van der Waals surface area contributed by atoms with Crippen LogP contribution in [0.2, 0.25) is 0 Å². The second-order valence-corrected chi connectivity index (χ2v) is 8.04. The molecule has 1 aliphatic heterocycles. The molecule has 0 spiro atoms. The molecule has 0 unspecified atom stereocenters. The van der Waals surface area contributed by atoms with E-state index in [1.54, 1.807) is 6.07 Å². The molecule has 0 N–H and O–H groups in total. The van der Waals surface area contributed by atoms with Gasteiger partial charge < -0.3 is 18.5 Å². The van der Waals surface area contributed by atoms with Crippen molar-refractivity contribution in [3.63, 3.8) is 0 Å². The maximum Gasteiger partial charge on any atom is 0.266 e. The molecule has 2 aromatic carbocycles. The molecule has 0 amide bonds. The lowest BCUT2D eigenvalue weighted by Crippen LogP contribution is -2.34. The van der Waals surface area contributed by atoms with Gasteiger partial charge in [0.25, 0.3) is 5.89 Å². The van der Waals surface area contributed by atoms with Gasteiger partial charge in [-0.2, -0.15) is 10.2 Å². The van der Waals surface area contributed by atoms with E-state index in [-0.39, 0.29) is 0 Å². The second-order valence-electron chi connectivity index (χ2n) is 8.04. The Morgan fingerprint density at radius 2 is 2.00 bits per heavy atom. The fourth-order valence-electron chi connectivity index (χ4n) is 4.06. The van der Waals surface area contributed by atoms with E-state index in [1.807, 2.05) is 36.4 Å². The Hall–Kier alpha value is -3.72. The highest BCUT2D eigenvalue weighted by Crippen LogP contribution is 2.32. The van der Waals surface area contributed by atoms with E-state index in [9.17, 15) is 5.26 Å². The molecule has 5 rings (SSSR count). The summed E-state index contributed by atoms with van der Waals surface area (Å²) in [4.78, 5) is 6.47. The summed E-state index contributed by atoms with van der Waals surface area (Å²) in [6.07, 6.45) is 2.28. The first-order chi connectivity index (χ1) is 15.2. The van der Waals surface area contributed by atoms with Gasteiger partial charge in [-0.3, -0.25) is 0 Å². The van der Waals surface area contributed by atoms with Crippen LogP contribution in [-0.2, 0) is 6.61 Å². The van der Waals surface area contributed by atoms with E-state index in [0.29, 0.717) is 41.5 Å². The molecule has 1 aliphatic rings. The zero-order chi connectivity index (χ0) is 21.2. The smallest absolute Gasteiger partial charge is 0.266 e. The maximum atomic E-state index is 9.52. The molecule has 0 saturated carbocycles. The second kappa shape index (κ2) is 8.19. The first-order valence-electron chi connectivity index (χ1n) is 10.6. The molecule has 1 saturated heterocycles. The third kappa shape index (κ3) is 3.99. The van der Waals surface area contributed by atoms with Crippen LogP contribution in [0.25, 0.3) is 22.4 Å². The van der Waals surface area contributed by atoms with Crippen LogP contribution in [0.15, 0.2) is 63.4 Å². The molecule has 4 aromatic rings. The lowest BCUT2D eigenvalue weighted by atomic mass is 10.0. The van der Waals surface area contributed by atoms with Crippen molar-refractivity contribution in [3.8, 4) is 23.5 Å². The molecular formula is C25H23N3O3. The van der Waals surface area contributed by atoms with Gasteiger partial charge in [0.05, 0.1) is 0 Å². The number of nitrogens with zero attached hydrogens (tertiary/aromatic N) is 3. The third-order valence-electron chi connectivity index (χ3n) is 5.63. The predicted octanol–water partition coefficient (Wildman–Crippen LogP) is 5.77. The van der Waals surface area contributed by atoms with Crippen LogP contribution in [0.4, 0.5) is 5.88 Å². The Morgan fingerprint density at radius 1 is 1.13 bits per heavy atom. The van der Waals surface area contributed by atoms with Crippen molar-refractivity contribution in [3.05, 3.63) is 66.1 Å². The van der Waals surface area contributed by atoms with Crippen LogP contribution < -0.4 is 9.64 Å². The summed E-state index contributed by atoms with van der Waals surface area (Å²) in [5.41, 5.74) is 0.300. The Bertz CT molecular complexity index is 1250. The topological polar surface area (TPSA) is 75.4 Å². The minimum absolute atomic E-state index is 0.292. The van der Waals surface area contributed by atoms with Crippen LogP contribution >= 0.6 is 0 Å². The van der Waals surface area contributed by atoms with Gasteiger partial charge in [-0.05, 0) is 53.8 Å². The van der Waals surface area contributed by atoms with Crippen LogP contribution in [-0.4, -0.2) is 18.1 Å². The Balaban J connectivity index is 1.31. The van der Waals surface area contributed by atoms with Crippen LogP contribution in [0.3, 0.4) is 0 Å². The SMILES string of the molecule is C[C@H]1CCCN(c2oc(-c3ccc(COc4ccc5ccccc5c4)o3)nc2C#N)C1. The van der Waals surface area contributed by atoms with Gasteiger partial charge in [-0.15, -0.1) is 0 Å². The van der Waals surface area contributed by atoms with Crippen LogP contribution in [0.1, 0.15) is 31.2 Å². The number of benzene rings is 2. The Labute approximate surface area is 180 Å². The van der Waals surface area contributed by atoms with E-state index in [4.69, 9.17) is 13.6 Å². The quantitative estimate of drug-likeness (QED) is 0.413. The maximum absolute atomic E-state index is 9.52. The van der Waals surface area contributed by atoms with Gasteiger partial charge >= 0.3 is 0 Å². The summed E-state index contributed by atoms with van der Waals surface area (Å²) in [7, 11) is 0. The van der Waals surface area contributed by atoms with Gasteiger partial charge in [0.15, 0.2) is 5.76 Å². The normalized spacial score (nSPS) is 16.4. The summed E-state index contributed by atoms with van der Waals surface area (Å²) < 4.78 is 17.8. The molecule has 156 valence electrons. The van der Waals surface area contributed by atoms with Gasteiger partial charge in [0.1, 0.15) is 24.2 Å². The van der Waals surface area contributed by atoms with Crippen molar-refractivity contribution in [2.45, 2.75) is 26.4 Å². The van der Waals surface area contributed by atoms with Crippen LogP contribution in [0.5, 0.6) is 5.75 Å². The summed E-state index contributed by atoms with van der Waals surface area (Å²) in [5, 5.41) is 11.8. The molecule has 6 heteroatoms. The van der Waals surface area contributed by atoms with Crippen molar-refractivity contribution in [1.82, 2.24) is 4.98 Å². The number of ether oxygens (including phenoxy) is 1. The highest BCUT2D eigenvalue weighted by Gasteiger charge is 2.25. The van der Waals surface area contributed by atoms with E-state index in [2.05, 4.69) is 35.0 Å². The Kier molecular flexibility index (Phi) is 5.09. The minimum atomic E-state index is 0.292. The van der Waals surface area contributed by atoms with Crippen molar-refractivity contribution in [2.24, 2.45) is 5.92 Å². The van der Waals surface area contributed by atoms with E-state index in [1.165, 1.54) is 11.8 Å². The average molecular weight is 413 g/mol. The fourth-order valence-corrected chi connectivity index (χ4v) is 4.06. The van der Waals surface area contributed by atoms with Crippen LogP contribution in [0, 0.1) is 17.2 Å². The molecule has 0 aliphatic carbocycles. The predicted molar refractivity (Wildman–Crippen MR) is 118 cm³/mol. The molecule has 0 bridgehead atoms. The van der Waals surface area contributed by atoms with Crippen molar-refractivity contribution in [1.29, 1.82) is 5.26 Å². The average Bonchev–Trinajstić information content (AvgIpc) is 3.44. The Morgan fingerprint density at radius 3 is 2.84 bits per heavy atom.